The van der Waals surface area contributed by atoms with Crippen LogP contribution in [0.3, 0.4) is 0 Å². The van der Waals surface area contributed by atoms with Gasteiger partial charge < -0.3 is 14.4 Å². The maximum Gasteiger partial charge on any atom is 0.222 e. The minimum absolute atomic E-state index is 0.257. The van der Waals surface area contributed by atoms with E-state index in [0.29, 0.717) is 11.8 Å². The van der Waals surface area contributed by atoms with Crippen LogP contribution in [-0.2, 0) is 14.3 Å². The molecule has 1 saturated carbocycles. The van der Waals surface area contributed by atoms with Crippen LogP contribution in [0.5, 0.6) is 0 Å². The molecule has 4 heteroatoms. The number of nitrogens with zero attached hydrogens (tertiary/aromatic N) is 1. The lowest BCUT2D eigenvalue weighted by molar-refractivity contribution is -0.182. The van der Waals surface area contributed by atoms with Crippen molar-refractivity contribution in [2.75, 3.05) is 26.3 Å². The third-order valence-corrected chi connectivity index (χ3v) is 5.16. The van der Waals surface area contributed by atoms with E-state index >= 15 is 0 Å². The Kier molecular flexibility index (Phi) is 4.61. The van der Waals surface area contributed by atoms with E-state index in [9.17, 15) is 4.79 Å². The Balaban J connectivity index is 1.38. The van der Waals surface area contributed by atoms with Crippen molar-refractivity contribution in [3.05, 3.63) is 0 Å². The molecule has 0 atom stereocenters. The summed E-state index contributed by atoms with van der Waals surface area (Å²) in [5, 5.41) is 0. The molecule has 3 fully saturated rings. The van der Waals surface area contributed by atoms with E-state index < -0.39 is 0 Å². The van der Waals surface area contributed by atoms with Crippen molar-refractivity contribution in [2.45, 2.75) is 63.6 Å². The minimum Gasteiger partial charge on any atom is -0.348 e. The molecule has 2 heterocycles. The summed E-state index contributed by atoms with van der Waals surface area (Å²) in [5.41, 5.74) is 0. The lowest BCUT2D eigenvalue weighted by Gasteiger charge is -2.35. The molecule has 4 nitrogen and oxygen atoms in total. The van der Waals surface area contributed by atoms with Crippen LogP contribution in [0, 0.1) is 5.92 Å². The summed E-state index contributed by atoms with van der Waals surface area (Å²) in [4.78, 5) is 14.2. The van der Waals surface area contributed by atoms with Crippen molar-refractivity contribution in [1.29, 1.82) is 0 Å². The van der Waals surface area contributed by atoms with Gasteiger partial charge in [-0.2, -0.15) is 0 Å². The largest absolute Gasteiger partial charge is 0.348 e. The molecule has 0 bridgehead atoms. The number of piperidine rings is 1. The molecule has 1 aliphatic carbocycles. The van der Waals surface area contributed by atoms with Gasteiger partial charge in [0, 0.05) is 32.4 Å². The summed E-state index contributed by atoms with van der Waals surface area (Å²) in [7, 11) is 0. The Labute approximate surface area is 121 Å². The highest BCUT2D eigenvalue weighted by Crippen LogP contribution is 2.39. The quantitative estimate of drug-likeness (QED) is 0.798. The van der Waals surface area contributed by atoms with Crippen molar-refractivity contribution in [2.24, 2.45) is 5.92 Å². The van der Waals surface area contributed by atoms with Crippen LogP contribution in [0.15, 0.2) is 0 Å². The fourth-order valence-electron chi connectivity index (χ4n) is 3.82. The van der Waals surface area contributed by atoms with Crippen molar-refractivity contribution < 1.29 is 14.3 Å². The molecule has 114 valence electrons. The molecule has 20 heavy (non-hydrogen) atoms. The van der Waals surface area contributed by atoms with Crippen molar-refractivity contribution in [1.82, 2.24) is 4.90 Å². The second-order valence-electron chi connectivity index (χ2n) is 6.53. The van der Waals surface area contributed by atoms with E-state index in [-0.39, 0.29) is 5.79 Å². The highest BCUT2D eigenvalue weighted by atomic mass is 16.7. The molecule has 0 radical (unpaired) electrons. The average molecular weight is 281 g/mol. The van der Waals surface area contributed by atoms with Crippen molar-refractivity contribution >= 4 is 5.91 Å². The van der Waals surface area contributed by atoms with Crippen LogP contribution in [-0.4, -0.2) is 42.9 Å². The first kappa shape index (κ1) is 14.3. The molecule has 2 saturated heterocycles. The van der Waals surface area contributed by atoms with Gasteiger partial charge in [0.1, 0.15) is 0 Å². The summed E-state index contributed by atoms with van der Waals surface area (Å²) in [6.45, 7) is 3.46. The van der Waals surface area contributed by atoms with Crippen LogP contribution < -0.4 is 0 Å². The predicted octanol–water partition coefficient (Wildman–Crippen LogP) is 2.71. The van der Waals surface area contributed by atoms with E-state index in [1.54, 1.807) is 0 Å². The van der Waals surface area contributed by atoms with E-state index in [0.717, 1.165) is 64.8 Å². The Morgan fingerprint density at radius 1 is 1.05 bits per heavy atom. The summed E-state index contributed by atoms with van der Waals surface area (Å²) in [6, 6.07) is 0. The fourth-order valence-corrected chi connectivity index (χ4v) is 3.82. The zero-order chi connectivity index (χ0) is 13.8. The second kappa shape index (κ2) is 6.44. The monoisotopic (exact) mass is 281 g/mol. The van der Waals surface area contributed by atoms with E-state index in [4.69, 9.17) is 9.47 Å². The summed E-state index contributed by atoms with van der Waals surface area (Å²) in [6.07, 6.45) is 9.75. The minimum atomic E-state index is -0.257. The first-order valence-corrected chi connectivity index (χ1v) is 8.33. The van der Waals surface area contributed by atoms with Gasteiger partial charge in [-0.3, -0.25) is 4.79 Å². The fraction of sp³-hybridized carbons (Fsp3) is 0.938. The van der Waals surface area contributed by atoms with Gasteiger partial charge in [-0.15, -0.1) is 0 Å². The van der Waals surface area contributed by atoms with E-state index in [1.807, 2.05) is 0 Å². The highest BCUT2D eigenvalue weighted by molar-refractivity contribution is 5.76. The number of carbonyl (C=O) groups excluding carboxylic acids is 1. The van der Waals surface area contributed by atoms with Crippen LogP contribution in [0.4, 0.5) is 0 Å². The Morgan fingerprint density at radius 3 is 2.35 bits per heavy atom. The highest BCUT2D eigenvalue weighted by Gasteiger charge is 2.40. The zero-order valence-corrected chi connectivity index (χ0v) is 12.4. The molecule has 3 aliphatic rings. The second-order valence-corrected chi connectivity index (χ2v) is 6.53. The number of ether oxygens (including phenoxy) is 2. The van der Waals surface area contributed by atoms with Crippen LogP contribution in [0.25, 0.3) is 0 Å². The first-order chi connectivity index (χ1) is 9.77. The standard InChI is InChI=1S/C16H27NO3/c18-15(17-10-2-1-3-11-17)5-4-14-6-8-16(9-7-14)19-12-13-20-16/h14H,1-13H2. The van der Waals surface area contributed by atoms with Crippen molar-refractivity contribution in [3.63, 3.8) is 0 Å². The molecule has 1 spiro atoms. The average Bonchev–Trinajstić information content (AvgIpc) is 2.96. The summed E-state index contributed by atoms with van der Waals surface area (Å²) in [5.74, 6) is 0.799. The summed E-state index contributed by atoms with van der Waals surface area (Å²) < 4.78 is 11.5. The van der Waals surface area contributed by atoms with Crippen LogP contribution in [0.2, 0.25) is 0 Å². The zero-order valence-electron chi connectivity index (χ0n) is 12.4. The maximum absolute atomic E-state index is 12.2. The molecular weight excluding hydrogens is 254 g/mol. The Bertz CT molecular complexity index is 323. The Morgan fingerprint density at radius 2 is 1.70 bits per heavy atom. The number of hydrogen-bond donors (Lipinski definition) is 0. The summed E-state index contributed by atoms with van der Waals surface area (Å²) >= 11 is 0. The Hall–Kier alpha value is -0.610. The smallest absolute Gasteiger partial charge is 0.222 e. The molecule has 0 aromatic carbocycles. The number of rotatable bonds is 3. The van der Waals surface area contributed by atoms with Gasteiger partial charge in [-0.25, -0.2) is 0 Å². The molecular formula is C16H27NO3. The van der Waals surface area contributed by atoms with Gasteiger partial charge in [0.05, 0.1) is 13.2 Å². The van der Waals surface area contributed by atoms with Gasteiger partial charge in [0.25, 0.3) is 0 Å². The number of carbonyl (C=O) groups is 1. The van der Waals surface area contributed by atoms with Gasteiger partial charge in [0.15, 0.2) is 5.79 Å². The SMILES string of the molecule is O=C(CCC1CCC2(CC1)OCCO2)N1CCCCC1. The molecule has 0 aromatic heterocycles. The molecule has 3 rings (SSSR count). The normalized spacial score (nSPS) is 27.1. The van der Waals surface area contributed by atoms with Crippen LogP contribution >= 0.6 is 0 Å². The van der Waals surface area contributed by atoms with Gasteiger partial charge >= 0.3 is 0 Å². The van der Waals surface area contributed by atoms with Gasteiger partial charge in [-0.05, 0) is 44.4 Å². The van der Waals surface area contributed by atoms with E-state index in [2.05, 4.69) is 4.90 Å². The topological polar surface area (TPSA) is 38.8 Å². The van der Waals surface area contributed by atoms with Crippen molar-refractivity contribution in [3.8, 4) is 0 Å². The third-order valence-electron chi connectivity index (χ3n) is 5.16. The lowest BCUT2D eigenvalue weighted by atomic mass is 9.82. The molecule has 0 N–H and O–H groups in total. The molecule has 1 amide bonds. The number of amides is 1. The lowest BCUT2D eigenvalue weighted by Crippen LogP contribution is -2.37. The molecule has 2 aliphatic heterocycles. The van der Waals surface area contributed by atoms with Crippen LogP contribution in [0.1, 0.15) is 57.8 Å². The number of likely N-dealkylation sites (tertiary alicyclic amines) is 1. The molecule has 0 unspecified atom stereocenters. The maximum atomic E-state index is 12.2. The van der Waals surface area contributed by atoms with Gasteiger partial charge in [0.2, 0.25) is 5.91 Å². The van der Waals surface area contributed by atoms with Gasteiger partial charge in [-0.1, -0.05) is 0 Å². The predicted molar refractivity (Wildman–Crippen MR) is 76.3 cm³/mol. The molecule has 0 aromatic rings. The number of hydrogen-bond acceptors (Lipinski definition) is 3. The van der Waals surface area contributed by atoms with E-state index in [1.165, 1.54) is 19.3 Å². The first-order valence-electron chi connectivity index (χ1n) is 8.33. The third kappa shape index (κ3) is 3.34.